The summed E-state index contributed by atoms with van der Waals surface area (Å²) in [5.41, 5.74) is 9.16. The van der Waals surface area contributed by atoms with Crippen LogP contribution in [0.1, 0.15) is 24.8 Å². The number of nitrogens with one attached hydrogen (secondary N) is 2. The van der Waals surface area contributed by atoms with Gasteiger partial charge in [0.25, 0.3) is 0 Å². The Hall–Kier alpha value is -2.60. The molecule has 1 aromatic carbocycles. The second kappa shape index (κ2) is 7.11. The molecule has 1 saturated heterocycles. The number of rotatable bonds is 4. The molecule has 0 amide bonds. The summed E-state index contributed by atoms with van der Waals surface area (Å²) in [5.74, 6) is 0.562. The van der Waals surface area contributed by atoms with Crippen LogP contribution < -0.4 is 11.1 Å². The van der Waals surface area contributed by atoms with Crippen molar-refractivity contribution in [1.29, 1.82) is 0 Å². The largest absolute Gasteiger partial charge is 0.384 e. The molecule has 1 aliphatic heterocycles. The monoisotopic (exact) mass is 336 g/mol. The van der Waals surface area contributed by atoms with Gasteiger partial charge in [0.05, 0.1) is 23.6 Å². The van der Waals surface area contributed by atoms with Crippen molar-refractivity contribution in [2.45, 2.75) is 31.8 Å². The van der Waals surface area contributed by atoms with Crippen molar-refractivity contribution in [3.63, 3.8) is 0 Å². The van der Waals surface area contributed by atoms with E-state index < -0.39 is 0 Å². The van der Waals surface area contributed by atoms with Crippen LogP contribution in [0.3, 0.4) is 0 Å². The summed E-state index contributed by atoms with van der Waals surface area (Å²) in [6, 6.07) is 10.9. The average molecular weight is 336 g/mol. The number of aromatic nitrogens is 3. The second-order valence-electron chi connectivity index (χ2n) is 6.81. The Morgan fingerprint density at radius 2 is 2.12 bits per heavy atom. The van der Waals surface area contributed by atoms with Crippen LogP contribution in [0, 0.1) is 0 Å². The minimum atomic E-state index is 0.491. The van der Waals surface area contributed by atoms with Crippen LogP contribution in [0.5, 0.6) is 0 Å². The van der Waals surface area contributed by atoms with E-state index in [4.69, 9.17) is 5.73 Å². The molecule has 2 aromatic heterocycles. The van der Waals surface area contributed by atoms with E-state index in [0.717, 1.165) is 37.3 Å². The summed E-state index contributed by atoms with van der Waals surface area (Å²) in [4.78, 5) is 6.70. The summed E-state index contributed by atoms with van der Waals surface area (Å²) in [6.45, 7) is 3.23. The van der Waals surface area contributed by atoms with E-state index in [-0.39, 0.29) is 0 Å². The molecule has 130 valence electrons. The number of hydrogen-bond donors (Lipinski definition) is 3. The van der Waals surface area contributed by atoms with E-state index in [1.807, 2.05) is 24.5 Å². The number of hydrogen-bond acceptors (Lipinski definition) is 5. The summed E-state index contributed by atoms with van der Waals surface area (Å²) >= 11 is 0. The van der Waals surface area contributed by atoms with Crippen molar-refractivity contribution < 1.29 is 0 Å². The molecule has 1 fully saturated rings. The normalized spacial score (nSPS) is 19.0. The SMILES string of the molecule is Nc1ccc(N[C@@H]2CCCN(Cc3ccc4cn[nH]c4c3)CC2)cn1. The molecule has 0 spiro atoms. The number of nitrogens with two attached hydrogens (primary N) is 1. The molecule has 3 aromatic rings. The number of pyridine rings is 1. The minimum absolute atomic E-state index is 0.491. The predicted octanol–water partition coefficient (Wildman–Crippen LogP) is 3.01. The van der Waals surface area contributed by atoms with Crippen molar-refractivity contribution in [2.75, 3.05) is 24.1 Å². The number of likely N-dealkylation sites (tertiary alicyclic amines) is 1. The summed E-state index contributed by atoms with van der Waals surface area (Å²) < 4.78 is 0. The number of fused-ring (bicyclic) bond motifs is 1. The van der Waals surface area contributed by atoms with Gasteiger partial charge >= 0.3 is 0 Å². The fraction of sp³-hybridized carbons (Fsp3) is 0.368. The zero-order valence-electron chi connectivity index (χ0n) is 14.3. The number of anilines is 2. The van der Waals surface area contributed by atoms with E-state index >= 15 is 0 Å². The van der Waals surface area contributed by atoms with E-state index in [9.17, 15) is 0 Å². The molecule has 1 aliphatic rings. The standard InChI is InChI=1S/C19H24N6/c20-19-6-5-17(12-21-19)23-16-2-1-8-25(9-7-16)13-14-3-4-15-11-22-24-18(15)10-14/h3-6,10-12,16,23H,1-2,7-9,13H2,(H2,20,21)(H,22,24)/t16-/m1/s1. The molecule has 6 nitrogen and oxygen atoms in total. The maximum absolute atomic E-state index is 5.65. The highest BCUT2D eigenvalue weighted by atomic mass is 15.1. The lowest BCUT2D eigenvalue weighted by Crippen LogP contribution is -2.26. The number of nitrogens with zero attached hydrogens (tertiary/aromatic N) is 3. The summed E-state index contributed by atoms with van der Waals surface area (Å²) in [6.07, 6.45) is 7.20. The number of aromatic amines is 1. The van der Waals surface area contributed by atoms with E-state index in [1.54, 1.807) is 0 Å². The summed E-state index contributed by atoms with van der Waals surface area (Å²) in [7, 11) is 0. The fourth-order valence-corrected chi connectivity index (χ4v) is 3.53. The van der Waals surface area contributed by atoms with Crippen LogP contribution in [0.25, 0.3) is 10.9 Å². The quantitative estimate of drug-likeness (QED) is 0.682. The van der Waals surface area contributed by atoms with Crippen molar-refractivity contribution in [2.24, 2.45) is 0 Å². The molecule has 4 rings (SSSR count). The van der Waals surface area contributed by atoms with Gasteiger partial charge in [0.2, 0.25) is 0 Å². The van der Waals surface area contributed by atoms with Crippen LogP contribution in [-0.2, 0) is 6.54 Å². The van der Waals surface area contributed by atoms with Gasteiger partial charge in [0.1, 0.15) is 5.82 Å². The molecular weight excluding hydrogens is 312 g/mol. The van der Waals surface area contributed by atoms with E-state index in [1.165, 1.54) is 23.8 Å². The maximum atomic E-state index is 5.65. The molecular formula is C19H24N6. The zero-order chi connectivity index (χ0) is 17.1. The average Bonchev–Trinajstić information content (AvgIpc) is 2.98. The van der Waals surface area contributed by atoms with Gasteiger partial charge in [-0.25, -0.2) is 4.98 Å². The highest BCUT2D eigenvalue weighted by Crippen LogP contribution is 2.20. The van der Waals surface area contributed by atoms with Gasteiger partial charge in [0.15, 0.2) is 0 Å². The smallest absolute Gasteiger partial charge is 0.123 e. The van der Waals surface area contributed by atoms with Gasteiger partial charge in [0, 0.05) is 24.5 Å². The Morgan fingerprint density at radius 1 is 1.16 bits per heavy atom. The number of H-pyrrole nitrogens is 1. The van der Waals surface area contributed by atoms with Crippen molar-refractivity contribution in [3.05, 3.63) is 48.3 Å². The third kappa shape index (κ3) is 3.91. The molecule has 4 N–H and O–H groups in total. The predicted molar refractivity (Wildman–Crippen MR) is 101 cm³/mol. The van der Waals surface area contributed by atoms with Gasteiger partial charge in [-0.05, 0) is 49.6 Å². The van der Waals surface area contributed by atoms with Crippen LogP contribution in [-0.4, -0.2) is 39.2 Å². The Morgan fingerprint density at radius 3 is 3.00 bits per heavy atom. The summed E-state index contributed by atoms with van der Waals surface area (Å²) in [5, 5.41) is 11.9. The molecule has 0 bridgehead atoms. The van der Waals surface area contributed by atoms with Crippen LogP contribution in [0.15, 0.2) is 42.7 Å². The second-order valence-corrected chi connectivity index (χ2v) is 6.81. The van der Waals surface area contributed by atoms with Gasteiger partial charge < -0.3 is 11.1 Å². The number of benzene rings is 1. The molecule has 0 saturated carbocycles. The zero-order valence-corrected chi connectivity index (χ0v) is 14.3. The molecule has 25 heavy (non-hydrogen) atoms. The van der Waals surface area contributed by atoms with Gasteiger partial charge in [-0.3, -0.25) is 10.00 Å². The lowest BCUT2D eigenvalue weighted by atomic mass is 10.1. The van der Waals surface area contributed by atoms with Gasteiger partial charge in [-0.1, -0.05) is 12.1 Å². The van der Waals surface area contributed by atoms with E-state index in [0.29, 0.717) is 11.9 Å². The highest BCUT2D eigenvalue weighted by Gasteiger charge is 2.17. The lowest BCUT2D eigenvalue weighted by Gasteiger charge is -2.21. The molecule has 0 aliphatic carbocycles. The first-order valence-corrected chi connectivity index (χ1v) is 8.89. The minimum Gasteiger partial charge on any atom is -0.384 e. The van der Waals surface area contributed by atoms with Crippen LogP contribution in [0.4, 0.5) is 11.5 Å². The third-order valence-corrected chi connectivity index (χ3v) is 4.89. The maximum Gasteiger partial charge on any atom is 0.123 e. The Kier molecular flexibility index (Phi) is 4.52. The Labute approximate surface area is 147 Å². The number of nitrogen functional groups attached to an aromatic ring is 1. The highest BCUT2D eigenvalue weighted by molar-refractivity contribution is 5.78. The molecule has 0 radical (unpaired) electrons. The van der Waals surface area contributed by atoms with Gasteiger partial charge in [-0.2, -0.15) is 5.10 Å². The molecule has 6 heteroatoms. The first-order chi connectivity index (χ1) is 12.3. The third-order valence-electron chi connectivity index (χ3n) is 4.89. The topological polar surface area (TPSA) is 82.9 Å². The molecule has 0 unspecified atom stereocenters. The van der Waals surface area contributed by atoms with Crippen LogP contribution >= 0.6 is 0 Å². The Balaban J connectivity index is 1.35. The molecule has 1 atom stereocenters. The van der Waals surface area contributed by atoms with Crippen molar-refractivity contribution in [1.82, 2.24) is 20.1 Å². The van der Waals surface area contributed by atoms with Crippen molar-refractivity contribution in [3.8, 4) is 0 Å². The fourth-order valence-electron chi connectivity index (χ4n) is 3.53. The van der Waals surface area contributed by atoms with Gasteiger partial charge in [-0.15, -0.1) is 0 Å². The Bertz CT molecular complexity index is 825. The first kappa shape index (κ1) is 15.9. The van der Waals surface area contributed by atoms with E-state index in [2.05, 4.69) is 43.6 Å². The van der Waals surface area contributed by atoms with Crippen LogP contribution in [0.2, 0.25) is 0 Å². The molecule has 3 heterocycles. The first-order valence-electron chi connectivity index (χ1n) is 8.89. The van der Waals surface area contributed by atoms with Crippen molar-refractivity contribution >= 4 is 22.4 Å². The lowest BCUT2D eigenvalue weighted by molar-refractivity contribution is 0.276.